The van der Waals surface area contributed by atoms with Crippen molar-refractivity contribution in [3.05, 3.63) is 20.7 Å². The molecule has 0 aliphatic rings. The summed E-state index contributed by atoms with van der Waals surface area (Å²) in [6.45, 7) is 12.2. The number of rotatable bonds is 0. The van der Waals surface area contributed by atoms with Crippen LogP contribution in [0.1, 0.15) is 0 Å². The van der Waals surface area contributed by atoms with E-state index < -0.39 is 0 Å². The largest absolute Gasteiger partial charge is 2.00 e. The maximum absolute atomic E-state index is 7.75. The molecule has 0 atom stereocenters. The van der Waals surface area contributed by atoms with Gasteiger partial charge in [0.25, 0.3) is 0 Å². The van der Waals surface area contributed by atoms with E-state index in [0.29, 0.717) is 0 Å². The molecule has 0 rings (SSSR count). The van der Waals surface area contributed by atoms with Gasteiger partial charge in [-0.3, -0.25) is 6.79 Å². The molecule has 0 aliphatic heterocycles. The number of hydrogen-bond acceptors (Lipinski definition) is 1. The van der Waals surface area contributed by atoms with E-state index >= 15 is 0 Å². The van der Waals surface area contributed by atoms with Crippen LogP contribution in [0.3, 0.4) is 0 Å². The Kier molecular flexibility index (Phi) is 25500. The molecular weight excluding hydrogens is 197 g/mol. The van der Waals surface area contributed by atoms with E-state index in [1.165, 1.54) is 0 Å². The second-order valence-electron chi connectivity index (χ2n) is 0. The number of carbonyl (C=O) groups excluding carboxylic acids is 1. The van der Waals surface area contributed by atoms with Crippen molar-refractivity contribution in [2.45, 2.75) is 0 Å². The Bertz CT molecular complexity index is 35.0. The van der Waals surface area contributed by atoms with E-state index in [9.17, 15) is 0 Å². The van der Waals surface area contributed by atoms with Gasteiger partial charge in [-0.1, -0.05) is 0 Å². The van der Waals surface area contributed by atoms with Crippen molar-refractivity contribution < 1.29 is 33.6 Å². The van der Waals surface area contributed by atoms with E-state index in [2.05, 4.69) is 20.1 Å². The molecule has 4 heteroatoms. The molecule has 0 radical (unpaired) electrons. The monoisotopic (exact) mass is 202 g/mol. The summed E-state index contributed by atoms with van der Waals surface area (Å²) in [5, 5.41) is 0. The average molecular weight is 201 g/mol. The van der Waals surface area contributed by atoms with Gasteiger partial charge in [0.2, 0.25) is 0 Å². The fourth-order valence-corrected chi connectivity index (χ4v) is 0. The van der Waals surface area contributed by atoms with Crippen LogP contribution in [-0.2, 0) is 33.6 Å². The van der Waals surface area contributed by atoms with Crippen molar-refractivity contribution in [2.75, 3.05) is 0 Å². The molecule has 0 aromatic rings. The molecule has 0 saturated carbocycles. The normalized spacial score (nSPS) is 1.00. The van der Waals surface area contributed by atoms with Gasteiger partial charge in [0.1, 0.15) is 0 Å². The summed E-state index contributed by atoms with van der Waals surface area (Å²) < 4.78 is 15.0. The summed E-state index contributed by atoms with van der Waals surface area (Å²) in [5.41, 5.74) is 0. The minimum absolute atomic E-state index is 0. The van der Waals surface area contributed by atoms with Gasteiger partial charge in [-0.2, -0.15) is 0 Å². The molecule has 0 aromatic carbocycles. The Morgan fingerprint density at radius 3 is 1.00 bits per heavy atom. The Morgan fingerprint density at radius 2 is 1.00 bits per heavy atom. The van der Waals surface area contributed by atoms with E-state index in [-0.39, 0.29) is 26.9 Å². The zero-order valence-electron chi connectivity index (χ0n) is 4.16. The zero-order valence-corrected chi connectivity index (χ0v) is 5.89. The van der Waals surface area contributed by atoms with Crippen molar-refractivity contribution in [1.29, 1.82) is 0 Å². The molecule has 0 heterocycles. The fourth-order valence-electron chi connectivity index (χ4n) is 0. The summed E-state index contributed by atoms with van der Waals surface area (Å²) in [4.78, 5) is 7.75. The van der Waals surface area contributed by atoms with Gasteiger partial charge in [0.05, 0.1) is 0 Å². The Morgan fingerprint density at radius 1 is 1.00 bits per heavy atom. The molecule has 0 aliphatic carbocycles. The van der Waals surface area contributed by atoms with E-state index in [4.69, 9.17) is 14.1 Å². The molecule has 8 heavy (non-hydrogen) atoms. The maximum atomic E-state index is 7.75. The second kappa shape index (κ2) is 4400. The predicted molar refractivity (Wildman–Crippen MR) is 21.0 cm³/mol. The maximum Gasteiger partial charge on any atom is 2.00 e. The molecular formula is C4H4O3Ru. The van der Waals surface area contributed by atoms with Crippen LogP contribution in [0.4, 0.5) is 0 Å². The Hall–Kier alpha value is -0.227. The van der Waals surface area contributed by atoms with Crippen LogP contribution in [0.2, 0.25) is 0 Å². The van der Waals surface area contributed by atoms with Crippen LogP contribution in [0.5, 0.6) is 0 Å². The summed E-state index contributed by atoms with van der Waals surface area (Å²) in [6.07, 6.45) is 0. The van der Waals surface area contributed by atoms with E-state index in [1.807, 2.05) is 0 Å². The van der Waals surface area contributed by atoms with Gasteiger partial charge in [-0.05, 0) is 0 Å². The van der Waals surface area contributed by atoms with Crippen LogP contribution in [-0.4, -0.2) is 6.79 Å². The van der Waals surface area contributed by atoms with Crippen molar-refractivity contribution in [2.24, 2.45) is 0 Å². The first-order valence-electron chi connectivity index (χ1n) is 0.644. The van der Waals surface area contributed by atoms with Gasteiger partial charge >= 0.3 is 42.1 Å². The molecule has 0 amide bonds. The second-order valence-corrected chi connectivity index (χ2v) is 0. The van der Waals surface area contributed by atoms with Gasteiger partial charge in [0.15, 0.2) is 0 Å². The predicted octanol–water partition coefficient (Wildman–Crippen LogP) is 0.0987. The summed E-state index contributed by atoms with van der Waals surface area (Å²) >= 11 is 0. The topological polar surface area (TPSA) is 56.9 Å². The fraction of sp³-hybridized carbons (Fsp3) is 0. The first-order chi connectivity index (χ1) is 3.00. The molecule has 0 N–H and O–H groups in total. The van der Waals surface area contributed by atoms with E-state index in [0.717, 1.165) is 0 Å². The van der Waals surface area contributed by atoms with Crippen molar-refractivity contribution in [1.82, 2.24) is 0 Å². The van der Waals surface area contributed by atoms with Crippen molar-refractivity contribution in [3.63, 3.8) is 0 Å². The number of hydrogen-bond donors (Lipinski definition) is 0. The molecule has 46 valence electrons. The smallest absolute Gasteiger partial charge is 0.545 e. The van der Waals surface area contributed by atoms with Crippen LogP contribution in [0, 0.1) is 20.7 Å². The molecule has 0 aromatic heterocycles. The van der Waals surface area contributed by atoms with Gasteiger partial charge < -0.3 is 12.2 Å². The minimum Gasteiger partial charge on any atom is -0.545 e. The SMILES string of the molecule is [C-]#[O+].[C-]#[O+].[CH-]=O.[CH3-].[Ru+2]. The quantitative estimate of drug-likeness (QED) is 0.237. The standard InChI is InChI=1S/CHO.2CO.CH3.Ru/c3*1-2;;/h1H;;;1H3;/q-1;;;-1;+2. The minimum atomic E-state index is 0. The summed E-state index contributed by atoms with van der Waals surface area (Å²) in [5.74, 6) is 0. The third-order valence-corrected chi connectivity index (χ3v) is 0. The first-order valence-corrected chi connectivity index (χ1v) is 0.644. The van der Waals surface area contributed by atoms with Gasteiger partial charge in [0, 0.05) is 0 Å². The Balaban J connectivity index is -0.00000000500. The third kappa shape index (κ3) is 2560. The van der Waals surface area contributed by atoms with Crippen LogP contribution in [0.15, 0.2) is 0 Å². The summed E-state index contributed by atoms with van der Waals surface area (Å²) in [7, 11) is 0. The molecule has 0 bridgehead atoms. The Labute approximate surface area is 61.7 Å². The van der Waals surface area contributed by atoms with Crippen molar-refractivity contribution >= 4 is 6.79 Å². The first kappa shape index (κ1) is 46.4. The van der Waals surface area contributed by atoms with Crippen molar-refractivity contribution in [3.8, 4) is 0 Å². The molecule has 0 saturated heterocycles. The van der Waals surface area contributed by atoms with Crippen LogP contribution >= 0.6 is 0 Å². The molecule has 0 unspecified atom stereocenters. The van der Waals surface area contributed by atoms with Gasteiger partial charge in [-0.15, -0.1) is 0 Å². The molecule has 0 spiro atoms. The van der Waals surface area contributed by atoms with Crippen LogP contribution < -0.4 is 0 Å². The average Bonchev–Trinajstić information content (AvgIpc) is 1.81. The van der Waals surface area contributed by atoms with E-state index in [1.54, 1.807) is 0 Å². The van der Waals surface area contributed by atoms with Gasteiger partial charge in [-0.25, -0.2) is 0 Å². The molecule has 0 fully saturated rings. The molecule has 3 nitrogen and oxygen atoms in total. The zero-order chi connectivity index (χ0) is 6.00. The third-order valence-electron chi connectivity index (χ3n) is 0. The summed E-state index contributed by atoms with van der Waals surface area (Å²) in [6, 6.07) is 0. The van der Waals surface area contributed by atoms with Crippen LogP contribution in [0.25, 0.3) is 0 Å².